The summed E-state index contributed by atoms with van der Waals surface area (Å²) in [5, 5.41) is 2.33. The molecule has 2 rings (SSSR count). The summed E-state index contributed by atoms with van der Waals surface area (Å²) in [6.07, 6.45) is 0. The molecule has 1 unspecified atom stereocenters. The van der Waals surface area contributed by atoms with E-state index in [-0.39, 0.29) is 5.56 Å². The smallest absolute Gasteiger partial charge is 0.293 e. The van der Waals surface area contributed by atoms with Gasteiger partial charge in [-0.1, -0.05) is 60.7 Å². The topological polar surface area (TPSA) is 83.5 Å². The highest BCUT2D eigenvalue weighted by Gasteiger charge is 2.24. The summed E-state index contributed by atoms with van der Waals surface area (Å²) >= 11 is 0. The maximum absolute atomic E-state index is 11.9. The number of ketones is 1. The fourth-order valence-corrected chi connectivity index (χ4v) is 2.58. The van der Waals surface area contributed by atoms with Crippen molar-refractivity contribution in [2.75, 3.05) is 0 Å². The summed E-state index contributed by atoms with van der Waals surface area (Å²) in [5.74, 6) is -2.71. The second-order valence-electron chi connectivity index (χ2n) is 4.35. The second-order valence-corrected chi connectivity index (χ2v) is 5.60. The van der Waals surface area contributed by atoms with E-state index in [4.69, 9.17) is 0 Å². The van der Waals surface area contributed by atoms with E-state index in [2.05, 4.69) is 5.32 Å². The molecule has 2 N–H and O–H groups in total. The Bertz CT molecular complexity index is 658. The fraction of sp³-hybridized carbons (Fsp3) is 0.0667. The van der Waals surface area contributed by atoms with Crippen LogP contribution in [-0.4, -0.2) is 16.6 Å². The van der Waals surface area contributed by atoms with Crippen LogP contribution in [0.15, 0.2) is 60.7 Å². The number of rotatable bonds is 5. The van der Waals surface area contributed by atoms with Gasteiger partial charge in [-0.3, -0.25) is 14.2 Å². The zero-order valence-electron chi connectivity index (χ0n) is 11.0. The van der Waals surface area contributed by atoms with Crippen LogP contribution in [0, 0.1) is 0 Å². The van der Waals surface area contributed by atoms with E-state index < -0.39 is 25.5 Å². The fourth-order valence-electron chi connectivity index (χ4n) is 1.85. The number of hydrogen-bond donors (Lipinski definition) is 2. The van der Waals surface area contributed by atoms with E-state index in [9.17, 15) is 19.0 Å². The molecule has 0 radical (unpaired) electrons. The molecule has 0 fully saturated rings. The third-order valence-electron chi connectivity index (χ3n) is 2.90. The number of carbonyl (C=O) groups excluding carboxylic acids is 2. The molecule has 0 bridgehead atoms. The Morgan fingerprint density at radius 3 is 2.00 bits per heavy atom. The molecule has 1 amide bonds. The lowest BCUT2D eigenvalue weighted by molar-refractivity contribution is -0.117. The van der Waals surface area contributed by atoms with Gasteiger partial charge >= 0.3 is 0 Å². The molecule has 0 aliphatic carbocycles. The van der Waals surface area contributed by atoms with Crippen molar-refractivity contribution in [1.82, 2.24) is 5.32 Å². The molecule has 2 aromatic carbocycles. The van der Waals surface area contributed by atoms with Crippen LogP contribution in [0.1, 0.15) is 21.7 Å². The van der Waals surface area contributed by atoms with Crippen LogP contribution < -0.4 is 5.32 Å². The molecule has 0 spiro atoms. The molecule has 0 aromatic heterocycles. The highest BCUT2D eigenvalue weighted by molar-refractivity contribution is 7.38. The van der Waals surface area contributed by atoms with Crippen molar-refractivity contribution < 1.29 is 19.0 Å². The molecule has 6 heteroatoms. The maximum Gasteiger partial charge on any atom is 0.293 e. The van der Waals surface area contributed by atoms with Crippen LogP contribution >= 0.6 is 8.03 Å². The van der Waals surface area contributed by atoms with Gasteiger partial charge in [-0.2, -0.15) is 0 Å². The zero-order valence-corrected chi connectivity index (χ0v) is 12.0. The van der Waals surface area contributed by atoms with Gasteiger partial charge in [-0.15, -0.1) is 0 Å². The van der Waals surface area contributed by atoms with E-state index >= 15 is 0 Å². The van der Waals surface area contributed by atoms with Crippen molar-refractivity contribution in [2.24, 2.45) is 0 Å². The van der Waals surface area contributed by atoms with Crippen LogP contribution in [0.2, 0.25) is 0 Å². The first-order valence-corrected chi connectivity index (χ1v) is 7.71. The van der Waals surface area contributed by atoms with Crippen molar-refractivity contribution in [3.05, 3.63) is 71.8 Å². The lowest BCUT2D eigenvalue weighted by Crippen LogP contribution is -2.33. The number of carbonyl (C=O) groups is 2. The molecular weight excluding hydrogens is 289 g/mol. The summed E-state index contributed by atoms with van der Waals surface area (Å²) in [7, 11) is -3.07. The normalized spacial score (nSPS) is 13.2. The highest BCUT2D eigenvalue weighted by atomic mass is 31.1. The van der Waals surface area contributed by atoms with Crippen molar-refractivity contribution in [1.29, 1.82) is 0 Å². The van der Waals surface area contributed by atoms with Crippen molar-refractivity contribution in [3.8, 4) is 0 Å². The van der Waals surface area contributed by atoms with Gasteiger partial charge in [0.15, 0.2) is 0 Å². The molecule has 0 heterocycles. The van der Waals surface area contributed by atoms with Gasteiger partial charge in [-0.05, 0) is 5.56 Å². The molecule has 5 nitrogen and oxygen atoms in total. The van der Waals surface area contributed by atoms with E-state index in [1.807, 2.05) is 0 Å². The molecule has 0 saturated heterocycles. The van der Waals surface area contributed by atoms with Gasteiger partial charge < -0.3 is 10.2 Å². The molecule has 2 aromatic rings. The molecular formula is C15H14NO4P. The minimum absolute atomic E-state index is 0.236. The first-order valence-electron chi connectivity index (χ1n) is 6.27. The Kier molecular flexibility index (Phi) is 5.04. The molecule has 2 atom stereocenters. The molecule has 0 aliphatic heterocycles. The van der Waals surface area contributed by atoms with Gasteiger partial charge in [0.1, 0.15) is 5.78 Å². The van der Waals surface area contributed by atoms with Crippen LogP contribution in [0.4, 0.5) is 0 Å². The summed E-state index contributed by atoms with van der Waals surface area (Å²) in [6.45, 7) is 0. The second kappa shape index (κ2) is 6.97. The van der Waals surface area contributed by atoms with Crippen molar-refractivity contribution in [3.63, 3.8) is 0 Å². The van der Waals surface area contributed by atoms with Crippen LogP contribution in [0.5, 0.6) is 0 Å². The van der Waals surface area contributed by atoms with E-state index in [0.29, 0.717) is 5.56 Å². The van der Waals surface area contributed by atoms with Gasteiger partial charge in [0, 0.05) is 5.56 Å². The summed E-state index contributed by atoms with van der Waals surface area (Å²) in [5.41, 5.74) is 0.720. The average molecular weight is 303 g/mol. The lowest BCUT2D eigenvalue weighted by atomic mass is 10.1. The third kappa shape index (κ3) is 3.88. The van der Waals surface area contributed by atoms with Gasteiger partial charge in [0.2, 0.25) is 13.8 Å². The summed E-state index contributed by atoms with van der Waals surface area (Å²) in [6, 6.07) is 16.4. The van der Waals surface area contributed by atoms with Crippen molar-refractivity contribution in [2.45, 2.75) is 5.78 Å². The minimum Gasteiger partial charge on any atom is -0.345 e. The van der Waals surface area contributed by atoms with Crippen LogP contribution in [0.3, 0.4) is 0 Å². The third-order valence-corrected chi connectivity index (χ3v) is 3.87. The van der Waals surface area contributed by atoms with E-state index in [1.165, 1.54) is 12.1 Å². The SMILES string of the molecule is O=C(N[C@@H](c1ccccc1)[PH](=O)O)C(=O)c1ccccc1. The average Bonchev–Trinajstić information content (AvgIpc) is 2.53. The number of nitrogens with one attached hydrogen (secondary N) is 1. The maximum atomic E-state index is 11.9. The Labute approximate surface area is 122 Å². The monoisotopic (exact) mass is 303 g/mol. The Morgan fingerprint density at radius 1 is 0.952 bits per heavy atom. The number of amides is 1. The molecule has 0 aliphatic rings. The predicted octanol–water partition coefficient (Wildman–Crippen LogP) is 2.15. The Hall–Kier alpha value is -2.23. The Morgan fingerprint density at radius 2 is 1.48 bits per heavy atom. The van der Waals surface area contributed by atoms with Gasteiger partial charge in [0.05, 0.1) is 0 Å². The van der Waals surface area contributed by atoms with Gasteiger partial charge in [0.25, 0.3) is 5.91 Å². The van der Waals surface area contributed by atoms with E-state index in [0.717, 1.165) is 0 Å². The number of benzene rings is 2. The minimum atomic E-state index is -3.07. The highest BCUT2D eigenvalue weighted by Crippen LogP contribution is 2.34. The quantitative estimate of drug-likeness (QED) is 0.503. The lowest BCUT2D eigenvalue weighted by Gasteiger charge is -2.15. The predicted molar refractivity (Wildman–Crippen MR) is 79.3 cm³/mol. The summed E-state index contributed by atoms with van der Waals surface area (Å²) in [4.78, 5) is 33.3. The number of hydrogen-bond acceptors (Lipinski definition) is 3. The van der Waals surface area contributed by atoms with Crippen LogP contribution in [-0.2, 0) is 9.36 Å². The van der Waals surface area contributed by atoms with Crippen molar-refractivity contribution >= 4 is 19.7 Å². The van der Waals surface area contributed by atoms with E-state index in [1.54, 1.807) is 48.5 Å². The first-order chi connectivity index (χ1) is 10.1. The molecule has 0 saturated carbocycles. The summed E-state index contributed by atoms with van der Waals surface area (Å²) < 4.78 is 11.5. The standard InChI is InChI=1S/C15H14NO4P/c17-13(11-7-3-1-4-8-11)14(18)16-15(21(19)20)12-9-5-2-6-10-12/h1-10,15,21H,(H,16,18)(H,19,20)/t15-/m1/s1. The van der Waals surface area contributed by atoms with Crippen LogP contribution in [0.25, 0.3) is 0 Å². The number of Topliss-reactive ketones (excluding diaryl/α,β-unsaturated/α-hetero) is 1. The van der Waals surface area contributed by atoms with Gasteiger partial charge in [-0.25, -0.2) is 0 Å². The first kappa shape index (κ1) is 15.2. The Balaban J connectivity index is 2.16. The molecule has 108 valence electrons. The zero-order chi connectivity index (χ0) is 15.2. The molecule has 21 heavy (non-hydrogen) atoms. The largest absolute Gasteiger partial charge is 0.345 e.